The van der Waals surface area contributed by atoms with E-state index in [-0.39, 0.29) is 32.4 Å². The average molecular weight is 362 g/mol. The zero-order valence-electron chi connectivity index (χ0n) is 13.9. The van der Waals surface area contributed by atoms with Gasteiger partial charge in [0.2, 0.25) is 0 Å². The number of H-pyrrole nitrogens is 1. The minimum atomic E-state index is -3.72. The molecule has 9 nitrogen and oxygen atoms in total. The molecule has 1 aromatic rings. The zero-order valence-corrected chi connectivity index (χ0v) is 14.8. The van der Waals surface area contributed by atoms with Gasteiger partial charge in [-0.15, -0.1) is 0 Å². The normalized spacial score (nSPS) is 14.4. The summed E-state index contributed by atoms with van der Waals surface area (Å²) < 4.78 is 27.9. The van der Waals surface area contributed by atoms with E-state index in [0.29, 0.717) is 5.56 Å². The highest BCUT2D eigenvalue weighted by atomic mass is 31.2. The first-order chi connectivity index (χ1) is 11.2. The van der Waals surface area contributed by atoms with E-state index >= 15 is 0 Å². The van der Waals surface area contributed by atoms with Crippen molar-refractivity contribution in [2.24, 2.45) is 0 Å². The molecule has 1 aromatic heterocycles. The molecule has 0 aliphatic rings. The van der Waals surface area contributed by atoms with Crippen LogP contribution in [0.4, 0.5) is 0 Å². The number of aryl methyl sites for hydroxylation is 1. The van der Waals surface area contributed by atoms with Gasteiger partial charge >= 0.3 is 13.3 Å². The third-order valence-corrected chi connectivity index (χ3v) is 3.90. The largest absolute Gasteiger partial charge is 0.365 e. The Kier molecular flexibility index (Phi) is 8.30. The van der Waals surface area contributed by atoms with Gasteiger partial charge in [0.15, 0.2) is 0 Å². The summed E-state index contributed by atoms with van der Waals surface area (Å²) in [5, 5.41) is 0. The van der Waals surface area contributed by atoms with Crippen molar-refractivity contribution in [3.8, 4) is 0 Å². The van der Waals surface area contributed by atoms with Gasteiger partial charge in [0.1, 0.15) is 13.1 Å². The zero-order chi connectivity index (χ0) is 18.2. The van der Waals surface area contributed by atoms with Crippen LogP contribution in [0.3, 0.4) is 0 Å². The lowest BCUT2D eigenvalue weighted by molar-refractivity contribution is 0.0955. The van der Waals surface area contributed by atoms with E-state index in [4.69, 9.17) is 14.0 Å². The molecule has 0 bridgehead atoms. The maximum atomic E-state index is 11.5. The molecule has 0 amide bonds. The van der Waals surface area contributed by atoms with Gasteiger partial charge in [0.25, 0.3) is 5.56 Å². The molecule has 10 heteroatoms. The summed E-state index contributed by atoms with van der Waals surface area (Å²) in [5.41, 5.74) is -0.545. The van der Waals surface area contributed by atoms with Crippen LogP contribution < -0.4 is 11.2 Å². The van der Waals surface area contributed by atoms with Crippen LogP contribution in [0.15, 0.2) is 27.9 Å². The van der Waals surface area contributed by atoms with Crippen molar-refractivity contribution in [3.05, 3.63) is 44.8 Å². The van der Waals surface area contributed by atoms with Crippen molar-refractivity contribution >= 4 is 7.60 Å². The van der Waals surface area contributed by atoms with Crippen molar-refractivity contribution in [1.29, 1.82) is 0 Å². The standard InChI is InChI=1S/C14H23N2O7P/c1-11(2)23-24(19,20)10-22-7-5-4-6-21-9-16-8-12(3)13(17)15-14(16)18/h4-5,8,11H,6-7,9-10H2,1-3H3,(H,19,20)(H,15,17,18)/b5-4-. The Bertz CT molecular complexity index is 708. The Morgan fingerprint density at radius 1 is 1.29 bits per heavy atom. The first-order valence-corrected chi connectivity index (χ1v) is 9.08. The van der Waals surface area contributed by atoms with E-state index < -0.39 is 18.8 Å². The summed E-state index contributed by atoms with van der Waals surface area (Å²) in [4.78, 5) is 34.3. The second kappa shape index (κ2) is 9.71. The third-order valence-electron chi connectivity index (χ3n) is 2.64. The first-order valence-electron chi connectivity index (χ1n) is 7.32. The number of aromatic amines is 1. The van der Waals surface area contributed by atoms with Gasteiger partial charge in [-0.05, 0) is 20.8 Å². The Labute approximate surface area is 139 Å². The van der Waals surface area contributed by atoms with Crippen molar-refractivity contribution in [2.45, 2.75) is 33.6 Å². The van der Waals surface area contributed by atoms with Gasteiger partial charge in [-0.1, -0.05) is 12.2 Å². The molecule has 0 aliphatic heterocycles. The van der Waals surface area contributed by atoms with E-state index in [1.165, 1.54) is 10.8 Å². The molecule has 0 saturated carbocycles. The summed E-state index contributed by atoms with van der Waals surface area (Å²) in [6.45, 7) is 5.26. The predicted molar refractivity (Wildman–Crippen MR) is 88.0 cm³/mol. The minimum Gasteiger partial charge on any atom is -0.365 e. The summed E-state index contributed by atoms with van der Waals surface area (Å²) in [6, 6.07) is 0. The van der Waals surface area contributed by atoms with Crippen molar-refractivity contribution in [1.82, 2.24) is 9.55 Å². The van der Waals surface area contributed by atoms with Crippen LogP contribution in [0.1, 0.15) is 19.4 Å². The molecule has 0 aliphatic carbocycles. The molecule has 0 spiro atoms. The molecule has 1 atom stereocenters. The number of aromatic nitrogens is 2. The van der Waals surface area contributed by atoms with E-state index in [9.17, 15) is 19.0 Å². The van der Waals surface area contributed by atoms with Gasteiger partial charge in [-0.25, -0.2) is 4.79 Å². The molecule has 2 N–H and O–H groups in total. The fraction of sp³-hybridized carbons (Fsp3) is 0.571. The smallest absolute Gasteiger partial charge is 0.353 e. The second-order valence-corrected chi connectivity index (χ2v) is 7.05. The first kappa shape index (κ1) is 20.5. The lowest BCUT2D eigenvalue weighted by atomic mass is 10.4. The van der Waals surface area contributed by atoms with Crippen molar-refractivity contribution in [3.63, 3.8) is 0 Å². The Balaban J connectivity index is 2.25. The van der Waals surface area contributed by atoms with Gasteiger partial charge in [-0.2, -0.15) is 0 Å². The van der Waals surface area contributed by atoms with Gasteiger partial charge in [0.05, 0.1) is 19.3 Å². The van der Waals surface area contributed by atoms with Crippen LogP contribution in [-0.2, 0) is 25.3 Å². The van der Waals surface area contributed by atoms with Gasteiger partial charge < -0.3 is 18.9 Å². The van der Waals surface area contributed by atoms with Crippen LogP contribution in [0.25, 0.3) is 0 Å². The molecule has 0 saturated heterocycles. The van der Waals surface area contributed by atoms with Gasteiger partial charge in [0, 0.05) is 11.8 Å². The number of hydrogen-bond donors (Lipinski definition) is 2. The van der Waals surface area contributed by atoms with Crippen molar-refractivity contribution in [2.75, 3.05) is 19.6 Å². The molecule has 24 heavy (non-hydrogen) atoms. The second-order valence-electron chi connectivity index (χ2n) is 5.30. The molecular formula is C14H23N2O7P. The molecule has 0 aromatic carbocycles. The molecule has 1 unspecified atom stereocenters. The third kappa shape index (κ3) is 7.85. The van der Waals surface area contributed by atoms with E-state index in [1.807, 2.05) is 0 Å². The molecule has 1 heterocycles. The average Bonchev–Trinajstić information content (AvgIpc) is 2.45. The molecular weight excluding hydrogens is 339 g/mol. The number of nitrogens with zero attached hydrogens (tertiary/aromatic N) is 1. The Morgan fingerprint density at radius 2 is 1.92 bits per heavy atom. The van der Waals surface area contributed by atoms with Crippen LogP contribution in [0, 0.1) is 6.92 Å². The summed E-state index contributed by atoms with van der Waals surface area (Å²) in [6.07, 6.45) is 3.95. The summed E-state index contributed by atoms with van der Waals surface area (Å²) in [5.74, 6) is 0. The Morgan fingerprint density at radius 3 is 2.54 bits per heavy atom. The number of hydrogen-bond acceptors (Lipinski definition) is 6. The Hall–Kier alpha value is -1.51. The van der Waals surface area contributed by atoms with Crippen molar-refractivity contribution < 1.29 is 23.5 Å². The number of rotatable bonds is 10. The lowest BCUT2D eigenvalue weighted by Gasteiger charge is -2.14. The SMILES string of the molecule is Cc1cn(COC/C=C\COCP(=O)(O)OC(C)C)c(=O)[nH]c1=O. The van der Waals surface area contributed by atoms with E-state index in [1.54, 1.807) is 32.9 Å². The molecule has 1 rings (SSSR count). The summed E-state index contributed by atoms with van der Waals surface area (Å²) >= 11 is 0. The van der Waals surface area contributed by atoms with Crippen LogP contribution >= 0.6 is 7.60 Å². The van der Waals surface area contributed by atoms with Crippen LogP contribution in [0.2, 0.25) is 0 Å². The quantitative estimate of drug-likeness (QED) is 0.361. The maximum Gasteiger partial charge on any atom is 0.353 e. The molecule has 136 valence electrons. The fourth-order valence-corrected chi connectivity index (χ4v) is 2.72. The number of ether oxygens (including phenoxy) is 2. The number of nitrogens with one attached hydrogen (secondary N) is 1. The van der Waals surface area contributed by atoms with E-state index in [2.05, 4.69) is 4.98 Å². The monoisotopic (exact) mass is 362 g/mol. The fourth-order valence-electron chi connectivity index (χ4n) is 1.67. The summed E-state index contributed by atoms with van der Waals surface area (Å²) in [7, 11) is -3.72. The molecule has 0 fully saturated rings. The lowest BCUT2D eigenvalue weighted by Crippen LogP contribution is -2.31. The highest BCUT2D eigenvalue weighted by molar-refractivity contribution is 7.52. The van der Waals surface area contributed by atoms with Gasteiger partial charge in [-0.3, -0.25) is 18.9 Å². The molecule has 0 radical (unpaired) electrons. The minimum absolute atomic E-state index is 0.00425. The van der Waals surface area contributed by atoms with E-state index in [0.717, 1.165) is 0 Å². The highest BCUT2D eigenvalue weighted by Crippen LogP contribution is 2.42. The highest BCUT2D eigenvalue weighted by Gasteiger charge is 2.20. The topological polar surface area (TPSA) is 120 Å². The predicted octanol–water partition coefficient (Wildman–Crippen LogP) is 0.960. The van der Waals surface area contributed by atoms with Crippen LogP contribution in [-0.4, -0.2) is 40.1 Å². The van der Waals surface area contributed by atoms with Crippen LogP contribution in [0.5, 0.6) is 0 Å². The maximum absolute atomic E-state index is 11.5.